The standard InChI is InChI=1S/C46H30N4.C28H18BrN3.C24H24BNO2.C16H11ClN2.C13H9Br.CH3F.2CH4.Na.H/c1-4-14-31(15-5-1)40-30-41(32-16-6-2-7-17-32)48-46(47-40)50-43-23-13-11-21-37(43)39-28-33(25-27-44(39)50)34-24-26-38-36-20-10-12-22-42(36)49(45(38)29-34)35-18-8-3-9-19-35;29-21-15-16-27-23(17-21)22-13-7-8-14-26(22)32(27)28-30-24(19-9-3-1-4-10-19)18-25(31-28)20-11-5-2-6-12-20;1-23(2)24(3,4)28-25(27-23)17-14-15-20-19-12-8-9-13-21(19)26(22(20)16-17)18-10-6-5-7-11-18;17-16-18-14(12-7-3-1-4-8-12)11-15(19-16)13-9-5-2-6-10-13;14-11-6-5-10-7-9-3-1-2-4-12(9)13(10)8-11;1-2;;;;/h1-30H;1-18H;5-16H,1-4H3;1-11H;1-6,8H,7H2;1H3;2*1H4;;/q;;;;;;;;+1;-1/i;;;;;1D;;;;. The molecule has 1 aliphatic heterocycles. The Kier molecular flexibility index (Phi) is 30.0. The topological polar surface area (TPSA) is 116 Å². The predicted octanol–water partition coefficient (Wildman–Crippen LogP) is 31.9. The van der Waals surface area contributed by atoms with Gasteiger partial charge in [0.2, 0.25) is 17.2 Å². The Morgan fingerprint density at radius 1 is 0.284 bits per heavy atom. The normalized spacial score (nSPS) is 12.4. The van der Waals surface area contributed by atoms with Crippen LogP contribution in [0.15, 0.2) is 482 Å². The van der Waals surface area contributed by atoms with Gasteiger partial charge in [-0.2, -0.15) is 0 Å². The fraction of sp³-hybridized carbons (Fsp3) is 0.0769. The molecule has 0 bridgehead atoms. The fourth-order valence-electron chi connectivity index (χ4n) is 19.6. The molecule has 2 aliphatic rings. The van der Waals surface area contributed by atoms with E-state index in [1.807, 2.05) is 121 Å². The monoisotopic (exact) mass is 2080 g/mol. The summed E-state index contributed by atoms with van der Waals surface area (Å²) in [6.45, 7) is 8.36. The fourth-order valence-corrected chi connectivity index (χ4v) is 20.5. The molecule has 1 fully saturated rings. The molecule has 7 aromatic heterocycles. The van der Waals surface area contributed by atoms with Gasteiger partial charge in [0, 0.05) is 96.8 Å². The first-order chi connectivity index (χ1) is 71.5. The van der Waals surface area contributed by atoms with Gasteiger partial charge in [0.05, 0.1) is 98.0 Å². The van der Waals surface area contributed by atoms with E-state index in [0.717, 1.165) is 133 Å². The van der Waals surface area contributed by atoms with Gasteiger partial charge in [-0.15, -0.1) is 0 Å². The molecule has 0 amide bonds. The first-order valence-corrected chi connectivity index (χ1v) is 50.1. The molecule has 0 spiro atoms. The second-order valence-electron chi connectivity index (χ2n) is 36.7. The van der Waals surface area contributed by atoms with Crippen LogP contribution in [0.2, 0.25) is 5.28 Å². The van der Waals surface area contributed by atoms with Gasteiger partial charge < -0.3 is 19.9 Å². The molecule has 25 aromatic rings. The summed E-state index contributed by atoms with van der Waals surface area (Å²) in [7, 11) is -1.36. The van der Waals surface area contributed by atoms with E-state index in [1.165, 1.54) is 87.6 Å². The number of nitrogens with zero attached hydrogens (tertiary/aromatic N) is 10. The summed E-state index contributed by atoms with van der Waals surface area (Å²) >= 11 is 13.2. The molecule has 718 valence electrons. The van der Waals surface area contributed by atoms with Crippen LogP contribution in [0.5, 0.6) is 0 Å². The summed E-state index contributed by atoms with van der Waals surface area (Å²) in [4.78, 5) is 29.0. The van der Waals surface area contributed by atoms with Crippen molar-refractivity contribution in [1.82, 2.24) is 48.2 Å². The number of para-hydroxylation sites is 6. The Bertz CT molecular complexity index is 8910. The van der Waals surface area contributed by atoms with Gasteiger partial charge in [-0.05, 0) is 206 Å². The van der Waals surface area contributed by atoms with Gasteiger partial charge >= 0.3 is 36.7 Å². The van der Waals surface area contributed by atoms with Gasteiger partial charge in [0.15, 0.2) is 0 Å². The van der Waals surface area contributed by atoms with Crippen molar-refractivity contribution < 1.29 is 46.1 Å². The molecular weight excluding hydrogens is 1980 g/mol. The summed E-state index contributed by atoms with van der Waals surface area (Å²) in [6, 6.07) is 164. The third-order valence-corrected chi connectivity index (χ3v) is 28.4. The van der Waals surface area contributed by atoms with E-state index < -0.39 is 7.15 Å². The molecule has 0 saturated carbocycles. The molecule has 0 atom stereocenters. The van der Waals surface area contributed by atoms with Crippen molar-refractivity contribution in [1.29, 1.82) is 0 Å². The second kappa shape index (κ2) is 44.5. The number of aromatic nitrogens is 10. The predicted molar refractivity (Wildman–Crippen MR) is 620 cm³/mol. The zero-order valence-electron chi connectivity index (χ0n) is 82.8. The molecule has 0 N–H and O–H groups in total. The van der Waals surface area contributed by atoms with Crippen molar-refractivity contribution in [3.63, 3.8) is 0 Å². The van der Waals surface area contributed by atoms with Crippen LogP contribution in [0.3, 0.4) is 0 Å². The summed E-state index contributed by atoms with van der Waals surface area (Å²) in [5.41, 5.74) is 31.3. The van der Waals surface area contributed by atoms with Crippen LogP contribution in [0.4, 0.5) is 4.39 Å². The van der Waals surface area contributed by atoms with E-state index in [0.29, 0.717) is 11.9 Å². The first kappa shape index (κ1) is 99.9. The Hall–Kier alpha value is -15.4. The number of halogens is 4. The molecule has 12 nitrogen and oxygen atoms in total. The number of alkyl halides is 1. The van der Waals surface area contributed by atoms with Crippen molar-refractivity contribution in [2.75, 3.05) is 7.15 Å². The molecule has 8 heterocycles. The summed E-state index contributed by atoms with van der Waals surface area (Å²) in [5, 5.41) is 9.93. The molecule has 18 aromatic carbocycles. The molecule has 0 unspecified atom stereocenters. The number of rotatable bonds is 12. The third kappa shape index (κ3) is 20.4. The Morgan fingerprint density at radius 3 is 0.993 bits per heavy atom. The molecule has 0 radical (unpaired) electrons. The van der Waals surface area contributed by atoms with E-state index in [1.54, 1.807) is 0 Å². The Labute approximate surface area is 908 Å². The van der Waals surface area contributed by atoms with E-state index in [-0.39, 0.29) is 69.4 Å². The van der Waals surface area contributed by atoms with Gasteiger partial charge in [0.25, 0.3) is 0 Å². The van der Waals surface area contributed by atoms with Crippen molar-refractivity contribution in [3.05, 3.63) is 499 Å². The first-order valence-electron chi connectivity index (χ1n) is 48.9. The van der Waals surface area contributed by atoms with Gasteiger partial charge in [-0.3, -0.25) is 13.5 Å². The van der Waals surface area contributed by atoms with Crippen molar-refractivity contribution in [2.24, 2.45) is 0 Å². The molecule has 1 saturated heterocycles. The average Bonchev–Trinajstić information content (AvgIpc) is 1.59. The van der Waals surface area contributed by atoms with Crippen molar-refractivity contribution in [3.8, 4) is 113 Å². The van der Waals surface area contributed by atoms with Crippen molar-refractivity contribution >= 4 is 143 Å². The van der Waals surface area contributed by atoms with Crippen LogP contribution in [-0.4, -0.2) is 73.6 Å². The van der Waals surface area contributed by atoms with E-state index in [4.69, 9.17) is 42.2 Å². The number of hydrogen-bond donors (Lipinski definition) is 0. The van der Waals surface area contributed by atoms with Gasteiger partial charge in [-0.1, -0.05) is 399 Å². The minimum Gasteiger partial charge on any atom is -1.00 e. The molecular formula is C130H104BBr2ClFN10NaO2. The van der Waals surface area contributed by atoms with Crippen LogP contribution in [0, 0.1) is 0 Å². The number of hydrogen-bond acceptors (Lipinski definition) is 8. The summed E-state index contributed by atoms with van der Waals surface area (Å²) in [6.07, 6.45) is 1.08. The van der Waals surface area contributed by atoms with Crippen LogP contribution in [-0.2, 0) is 15.7 Å². The van der Waals surface area contributed by atoms with Crippen LogP contribution in [0.1, 0.15) is 56.5 Å². The van der Waals surface area contributed by atoms with Crippen LogP contribution in [0.25, 0.3) is 200 Å². The summed E-state index contributed by atoms with van der Waals surface area (Å²) in [5.74, 6) is 1.32. The molecule has 1 aliphatic carbocycles. The van der Waals surface area contributed by atoms with Gasteiger partial charge in [0.1, 0.15) is 0 Å². The number of fused-ring (bicyclic) bond motifs is 15. The Morgan fingerprint density at radius 2 is 0.574 bits per heavy atom. The molecule has 148 heavy (non-hydrogen) atoms. The van der Waals surface area contributed by atoms with Gasteiger partial charge in [-0.25, -0.2) is 29.9 Å². The van der Waals surface area contributed by atoms with E-state index in [9.17, 15) is 4.39 Å². The number of benzene rings is 18. The maximum atomic E-state index is 9.96. The molecule has 27 rings (SSSR count). The van der Waals surface area contributed by atoms with Crippen molar-refractivity contribution in [2.45, 2.75) is 60.2 Å². The van der Waals surface area contributed by atoms with E-state index >= 15 is 0 Å². The molecule has 18 heteroatoms. The van der Waals surface area contributed by atoms with Crippen LogP contribution < -0.4 is 35.0 Å². The quantitative estimate of drug-likeness (QED) is 0.0877. The van der Waals surface area contributed by atoms with E-state index in [2.05, 4.69) is 440 Å². The maximum Gasteiger partial charge on any atom is 1.00 e. The minimum absolute atomic E-state index is 0. The minimum atomic E-state index is -1.00. The second-order valence-corrected chi connectivity index (χ2v) is 38.9. The third-order valence-electron chi connectivity index (χ3n) is 27.3. The SMILES string of the molecule is Brc1ccc2c(c1)-c1ccccc1C2.Brc1ccc2c(c1)c1ccccc1n2-c1nc(-c2ccccc2)cc(-c2ccccc2)n1.C.C.CC1(C)OB(c2ccc3c4ccccc4n(-c4ccccc4)c3c2)OC1(C)C.Clc1nc(-c2ccccc2)cc(-c2ccccc2)n1.[2H]CF.[H-].[Na+].c1ccc(-c2cc(-c3ccccc3)nc(-n3c4ccccc4c4cc(-c5ccc6c7ccccc7n(-c7ccccc7)c6c5)ccc43)n2)cc1. The Balaban J connectivity index is 0.000000128. The zero-order chi connectivity index (χ0) is 99.4. The zero-order valence-corrected chi connectivity index (χ0v) is 86.8. The summed E-state index contributed by atoms with van der Waals surface area (Å²) < 4.78 is 39.4. The van der Waals surface area contributed by atoms with Crippen LogP contribution >= 0.6 is 43.5 Å². The smallest absolute Gasteiger partial charge is 1.00 e. The maximum absolute atomic E-state index is 9.96. The largest absolute Gasteiger partial charge is 1.00 e. The average molecular weight is 2090 g/mol.